The summed E-state index contributed by atoms with van der Waals surface area (Å²) in [6.45, 7) is 2.14. The van der Waals surface area contributed by atoms with Gasteiger partial charge >= 0.3 is 0 Å². The summed E-state index contributed by atoms with van der Waals surface area (Å²) >= 11 is 6.12. The number of aryl methyl sites for hydroxylation is 1. The summed E-state index contributed by atoms with van der Waals surface area (Å²) in [7, 11) is -3.11. The first-order chi connectivity index (χ1) is 11.9. The molecule has 2 aromatic rings. The molecule has 2 aromatic carbocycles. The van der Waals surface area contributed by atoms with Gasteiger partial charge in [-0.2, -0.15) is 0 Å². The van der Waals surface area contributed by atoms with E-state index in [9.17, 15) is 8.42 Å². The van der Waals surface area contributed by atoms with E-state index < -0.39 is 9.84 Å². The molecule has 134 valence electrons. The molecule has 1 aliphatic rings. The standard InChI is InChI=1S/C20H24ClNO2S/c1-25(23,24)20-11-9-16(10-12-20)7-8-17-4-3-13-22(15-17)19-6-2-5-18(21)14-19/h2,5-6,9-12,14,17H,3-4,7-8,13,15H2,1H3. The van der Waals surface area contributed by atoms with Crippen LogP contribution in [0.15, 0.2) is 53.4 Å². The maximum atomic E-state index is 11.5. The van der Waals surface area contributed by atoms with Crippen LogP contribution in [0.5, 0.6) is 0 Å². The van der Waals surface area contributed by atoms with Gasteiger partial charge in [-0.05, 0) is 67.5 Å². The molecular formula is C20H24ClNO2S. The van der Waals surface area contributed by atoms with Crippen LogP contribution in [0.3, 0.4) is 0 Å². The summed E-state index contributed by atoms with van der Waals surface area (Å²) < 4.78 is 23.1. The molecule has 1 fully saturated rings. The van der Waals surface area contributed by atoms with Crippen molar-refractivity contribution < 1.29 is 8.42 Å². The van der Waals surface area contributed by atoms with Crippen LogP contribution in [0.25, 0.3) is 0 Å². The monoisotopic (exact) mass is 377 g/mol. The lowest BCUT2D eigenvalue weighted by Crippen LogP contribution is -2.35. The maximum Gasteiger partial charge on any atom is 0.175 e. The second-order valence-corrected chi connectivity index (χ2v) is 9.34. The molecule has 0 aliphatic carbocycles. The van der Waals surface area contributed by atoms with Crippen LogP contribution in [-0.4, -0.2) is 27.8 Å². The molecule has 3 nitrogen and oxygen atoms in total. The molecule has 0 saturated carbocycles. The minimum absolute atomic E-state index is 0.390. The highest BCUT2D eigenvalue weighted by Crippen LogP contribution is 2.27. The topological polar surface area (TPSA) is 37.4 Å². The van der Waals surface area contributed by atoms with Crippen LogP contribution < -0.4 is 4.90 Å². The van der Waals surface area contributed by atoms with Crippen molar-refractivity contribution in [2.24, 2.45) is 5.92 Å². The molecule has 0 bridgehead atoms. The number of benzene rings is 2. The lowest BCUT2D eigenvalue weighted by atomic mass is 9.91. The van der Waals surface area contributed by atoms with Crippen molar-refractivity contribution >= 4 is 27.1 Å². The zero-order chi connectivity index (χ0) is 17.9. The predicted molar refractivity (Wildman–Crippen MR) is 104 cm³/mol. The summed E-state index contributed by atoms with van der Waals surface area (Å²) in [5.41, 5.74) is 2.40. The summed E-state index contributed by atoms with van der Waals surface area (Å²) in [6.07, 6.45) is 5.80. The fourth-order valence-corrected chi connectivity index (χ4v) is 4.30. The molecule has 25 heavy (non-hydrogen) atoms. The molecule has 1 atom stereocenters. The number of rotatable bonds is 5. The third kappa shape index (κ3) is 4.99. The van der Waals surface area contributed by atoms with Crippen LogP contribution in [0.1, 0.15) is 24.8 Å². The Bertz CT molecular complexity index is 818. The van der Waals surface area contributed by atoms with Gasteiger partial charge in [-0.1, -0.05) is 29.8 Å². The van der Waals surface area contributed by atoms with Gasteiger partial charge in [0, 0.05) is 30.1 Å². The van der Waals surface area contributed by atoms with Gasteiger partial charge in [-0.3, -0.25) is 0 Å². The first kappa shape index (κ1) is 18.3. The lowest BCUT2D eigenvalue weighted by molar-refractivity contribution is 0.391. The molecule has 5 heteroatoms. The Labute approximate surface area is 155 Å². The number of hydrogen-bond donors (Lipinski definition) is 0. The SMILES string of the molecule is CS(=O)(=O)c1ccc(CCC2CCCN(c3cccc(Cl)c3)C2)cc1. The Morgan fingerprint density at radius 1 is 1.16 bits per heavy atom. The van der Waals surface area contributed by atoms with Crippen molar-refractivity contribution in [1.29, 1.82) is 0 Å². The molecule has 0 spiro atoms. The van der Waals surface area contributed by atoms with E-state index in [2.05, 4.69) is 11.0 Å². The average Bonchev–Trinajstić information content (AvgIpc) is 2.60. The third-order valence-corrected chi connectivity index (χ3v) is 6.25. The minimum atomic E-state index is -3.11. The number of sulfone groups is 1. The first-order valence-electron chi connectivity index (χ1n) is 8.71. The summed E-state index contributed by atoms with van der Waals surface area (Å²) in [5.74, 6) is 0.655. The Morgan fingerprint density at radius 2 is 1.92 bits per heavy atom. The highest BCUT2D eigenvalue weighted by Gasteiger charge is 2.20. The Hall–Kier alpha value is -1.52. The first-order valence-corrected chi connectivity index (χ1v) is 11.0. The van der Waals surface area contributed by atoms with E-state index >= 15 is 0 Å². The van der Waals surface area contributed by atoms with Crippen molar-refractivity contribution in [3.8, 4) is 0 Å². The van der Waals surface area contributed by atoms with Crippen molar-refractivity contribution in [2.75, 3.05) is 24.2 Å². The Balaban J connectivity index is 1.58. The van der Waals surface area contributed by atoms with Gasteiger partial charge in [0.1, 0.15) is 0 Å². The van der Waals surface area contributed by atoms with E-state index in [0.29, 0.717) is 10.8 Å². The molecule has 0 N–H and O–H groups in total. The molecule has 1 heterocycles. The van der Waals surface area contributed by atoms with Gasteiger partial charge in [-0.25, -0.2) is 8.42 Å². The molecular weight excluding hydrogens is 354 g/mol. The fraction of sp³-hybridized carbons (Fsp3) is 0.400. The van der Waals surface area contributed by atoms with E-state index in [1.54, 1.807) is 12.1 Å². The van der Waals surface area contributed by atoms with Gasteiger partial charge in [0.2, 0.25) is 0 Å². The van der Waals surface area contributed by atoms with E-state index in [-0.39, 0.29) is 0 Å². The Morgan fingerprint density at radius 3 is 2.60 bits per heavy atom. The second kappa shape index (κ2) is 7.79. The van der Waals surface area contributed by atoms with E-state index in [1.165, 1.54) is 30.3 Å². The van der Waals surface area contributed by atoms with E-state index in [0.717, 1.165) is 31.0 Å². The van der Waals surface area contributed by atoms with E-state index in [4.69, 9.17) is 11.6 Å². The molecule has 1 aliphatic heterocycles. The average molecular weight is 378 g/mol. The molecule has 1 unspecified atom stereocenters. The normalized spacial score (nSPS) is 18.3. The quantitative estimate of drug-likeness (QED) is 0.764. The smallest absolute Gasteiger partial charge is 0.175 e. The fourth-order valence-electron chi connectivity index (χ4n) is 3.48. The minimum Gasteiger partial charge on any atom is -0.371 e. The van der Waals surface area contributed by atoms with Crippen LogP contribution in [0, 0.1) is 5.92 Å². The van der Waals surface area contributed by atoms with Crippen molar-refractivity contribution in [2.45, 2.75) is 30.6 Å². The van der Waals surface area contributed by atoms with Crippen molar-refractivity contribution in [3.63, 3.8) is 0 Å². The predicted octanol–water partition coefficient (Wildman–Crippen LogP) is 4.59. The molecule has 0 aromatic heterocycles. The number of anilines is 1. The van der Waals surface area contributed by atoms with Gasteiger partial charge in [0.15, 0.2) is 9.84 Å². The van der Waals surface area contributed by atoms with Crippen LogP contribution in [0.4, 0.5) is 5.69 Å². The number of hydrogen-bond acceptors (Lipinski definition) is 3. The highest BCUT2D eigenvalue weighted by atomic mass is 35.5. The maximum absolute atomic E-state index is 11.5. The van der Waals surface area contributed by atoms with Crippen molar-refractivity contribution in [3.05, 3.63) is 59.1 Å². The Kier molecular flexibility index (Phi) is 5.70. The lowest BCUT2D eigenvalue weighted by Gasteiger charge is -2.34. The van der Waals surface area contributed by atoms with E-state index in [1.807, 2.05) is 30.3 Å². The highest BCUT2D eigenvalue weighted by molar-refractivity contribution is 7.90. The summed E-state index contributed by atoms with van der Waals surface area (Å²) in [5, 5.41) is 0.783. The number of piperidine rings is 1. The van der Waals surface area contributed by atoms with Crippen LogP contribution in [0.2, 0.25) is 5.02 Å². The van der Waals surface area contributed by atoms with Crippen LogP contribution >= 0.6 is 11.6 Å². The van der Waals surface area contributed by atoms with Gasteiger partial charge in [-0.15, -0.1) is 0 Å². The molecule has 0 radical (unpaired) electrons. The van der Waals surface area contributed by atoms with Crippen molar-refractivity contribution in [1.82, 2.24) is 0 Å². The zero-order valence-electron chi connectivity index (χ0n) is 14.5. The summed E-state index contributed by atoms with van der Waals surface area (Å²) in [4.78, 5) is 2.81. The molecule has 0 amide bonds. The molecule has 1 saturated heterocycles. The van der Waals surface area contributed by atoms with Gasteiger partial charge < -0.3 is 4.90 Å². The largest absolute Gasteiger partial charge is 0.371 e. The van der Waals surface area contributed by atoms with Gasteiger partial charge in [0.05, 0.1) is 4.90 Å². The van der Waals surface area contributed by atoms with Gasteiger partial charge in [0.25, 0.3) is 0 Å². The summed E-state index contributed by atoms with van der Waals surface area (Å²) in [6, 6.07) is 15.4. The second-order valence-electron chi connectivity index (χ2n) is 6.89. The third-order valence-electron chi connectivity index (χ3n) is 4.89. The number of nitrogens with zero attached hydrogens (tertiary/aromatic N) is 1. The zero-order valence-corrected chi connectivity index (χ0v) is 16.1. The molecule has 3 rings (SSSR count). The van der Waals surface area contributed by atoms with Crippen LogP contribution in [-0.2, 0) is 16.3 Å². The number of halogens is 1.